The molecule has 1 aromatic heterocycles. The van der Waals surface area contributed by atoms with Gasteiger partial charge in [0.05, 0.1) is 0 Å². The van der Waals surface area contributed by atoms with Gasteiger partial charge in [-0.15, -0.1) is 0 Å². The third-order valence-corrected chi connectivity index (χ3v) is 5.41. The highest BCUT2D eigenvalue weighted by Crippen LogP contribution is 2.32. The quantitative estimate of drug-likeness (QED) is 0.650. The molecule has 2 aromatic carbocycles. The molecule has 150 valence electrons. The van der Waals surface area contributed by atoms with Crippen LogP contribution >= 0.6 is 0 Å². The van der Waals surface area contributed by atoms with Crippen molar-refractivity contribution in [3.63, 3.8) is 0 Å². The minimum atomic E-state index is -0.205. The molecule has 1 saturated heterocycles. The van der Waals surface area contributed by atoms with Crippen molar-refractivity contribution in [1.29, 1.82) is 0 Å². The molecular weight excluding hydrogens is 364 g/mol. The highest BCUT2D eigenvalue weighted by Gasteiger charge is 2.32. The first-order valence-electron chi connectivity index (χ1n) is 10.2. The molecule has 0 bridgehead atoms. The minimum Gasteiger partial charge on any atom is -0.337 e. The first-order chi connectivity index (χ1) is 14.2. The fourth-order valence-corrected chi connectivity index (χ4v) is 3.84. The molecule has 3 aromatic rings. The van der Waals surface area contributed by atoms with Crippen molar-refractivity contribution in [3.05, 3.63) is 65.5 Å². The maximum absolute atomic E-state index is 13.1. The van der Waals surface area contributed by atoms with Crippen molar-refractivity contribution in [3.8, 4) is 11.4 Å². The van der Waals surface area contributed by atoms with E-state index in [9.17, 15) is 4.79 Å². The molecule has 1 atom stereocenters. The van der Waals surface area contributed by atoms with E-state index in [-0.39, 0.29) is 12.1 Å². The summed E-state index contributed by atoms with van der Waals surface area (Å²) < 4.78 is 5.59. The Labute approximate surface area is 170 Å². The van der Waals surface area contributed by atoms with Crippen LogP contribution < -0.4 is 5.32 Å². The van der Waals surface area contributed by atoms with E-state index in [4.69, 9.17) is 4.52 Å². The van der Waals surface area contributed by atoms with Crippen LogP contribution in [0.5, 0.6) is 0 Å². The van der Waals surface area contributed by atoms with E-state index in [1.54, 1.807) is 0 Å². The molecule has 0 spiro atoms. The fraction of sp³-hybridized carbons (Fsp3) is 0.348. The van der Waals surface area contributed by atoms with Crippen molar-refractivity contribution in [2.45, 2.75) is 45.6 Å². The summed E-state index contributed by atoms with van der Waals surface area (Å²) in [5.74, 6) is 1.06. The molecule has 0 radical (unpaired) electrons. The van der Waals surface area contributed by atoms with Crippen LogP contribution in [0.3, 0.4) is 0 Å². The number of aromatic nitrogens is 2. The second-order valence-corrected chi connectivity index (χ2v) is 7.47. The summed E-state index contributed by atoms with van der Waals surface area (Å²) in [7, 11) is 0. The Morgan fingerprint density at radius 2 is 2.07 bits per heavy atom. The van der Waals surface area contributed by atoms with Crippen LogP contribution in [-0.4, -0.2) is 27.6 Å². The average molecular weight is 390 g/mol. The van der Waals surface area contributed by atoms with Gasteiger partial charge < -0.3 is 14.7 Å². The Bertz CT molecular complexity index is 998. The van der Waals surface area contributed by atoms with E-state index >= 15 is 0 Å². The second kappa shape index (κ2) is 8.47. The first kappa shape index (κ1) is 19.2. The van der Waals surface area contributed by atoms with Crippen LogP contribution in [0.25, 0.3) is 11.4 Å². The molecule has 1 aliphatic heterocycles. The van der Waals surface area contributed by atoms with Gasteiger partial charge in [-0.3, -0.25) is 0 Å². The summed E-state index contributed by atoms with van der Waals surface area (Å²) in [5.41, 5.74) is 4.04. The zero-order chi connectivity index (χ0) is 20.2. The number of hydrogen-bond donors (Lipinski definition) is 1. The number of carbonyl (C=O) groups is 1. The van der Waals surface area contributed by atoms with Crippen molar-refractivity contribution < 1.29 is 9.32 Å². The number of nitrogens with one attached hydrogen (secondary N) is 1. The van der Waals surface area contributed by atoms with E-state index < -0.39 is 0 Å². The van der Waals surface area contributed by atoms with E-state index in [2.05, 4.69) is 22.4 Å². The van der Waals surface area contributed by atoms with Crippen LogP contribution in [0, 0.1) is 6.92 Å². The van der Waals surface area contributed by atoms with E-state index in [0.29, 0.717) is 18.3 Å². The molecule has 1 N–H and O–H groups in total. The number of nitrogens with zero attached hydrogens (tertiary/aromatic N) is 3. The van der Waals surface area contributed by atoms with Gasteiger partial charge >= 0.3 is 6.03 Å². The average Bonchev–Trinajstić information content (AvgIpc) is 3.24. The Hall–Kier alpha value is -3.15. The molecule has 2 heterocycles. The molecule has 0 aliphatic carbocycles. The molecule has 4 rings (SSSR count). The van der Waals surface area contributed by atoms with Gasteiger partial charge in [-0.25, -0.2) is 4.79 Å². The zero-order valence-corrected chi connectivity index (χ0v) is 16.9. The largest absolute Gasteiger partial charge is 0.337 e. The second-order valence-electron chi connectivity index (χ2n) is 7.47. The number of rotatable bonds is 4. The number of likely N-dealkylation sites (tertiary alicyclic amines) is 1. The predicted octanol–water partition coefficient (Wildman–Crippen LogP) is 5.37. The molecule has 1 aliphatic rings. The summed E-state index contributed by atoms with van der Waals surface area (Å²) in [6.07, 6.45) is 3.68. The third-order valence-electron chi connectivity index (χ3n) is 5.41. The smallest absolute Gasteiger partial charge is 0.322 e. The van der Waals surface area contributed by atoms with E-state index in [1.807, 2.05) is 60.4 Å². The van der Waals surface area contributed by atoms with Gasteiger partial charge in [-0.1, -0.05) is 54.0 Å². The lowest BCUT2D eigenvalue weighted by atomic mass is 10.0. The van der Waals surface area contributed by atoms with Crippen molar-refractivity contribution in [2.24, 2.45) is 0 Å². The zero-order valence-electron chi connectivity index (χ0n) is 16.9. The summed E-state index contributed by atoms with van der Waals surface area (Å²) in [6, 6.07) is 15.6. The molecular formula is C23H26N4O2. The number of urea groups is 1. The molecule has 0 saturated carbocycles. The van der Waals surface area contributed by atoms with Crippen LogP contribution in [0.4, 0.5) is 10.5 Å². The lowest BCUT2D eigenvalue weighted by Gasteiger charge is -2.33. The summed E-state index contributed by atoms with van der Waals surface area (Å²) in [5, 5.41) is 7.24. The number of para-hydroxylation sites is 1. The van der Waals surface area contributed by atoms with Gasteiger partial charge in [-0.05, 0) is 50.3 Å². The van der Waals surface area contributed by atoms with Crippen LogP contribution in [0.2, 0.25) is 0 Å². The number of piperidine rings is 1. The number of anilines is 1. The number of aryl methyl sites for hydroxylation is 2. The van der Waals surface area contributed by atoms with Gasteiger partial charge in [0.15, 0.2) is 0 Å². The summed E-state index contributed by atoms with van der Waals surface area (Å²) in [4.78, 5) is 19.5. The Balaban J connectivity index is 1.55. The highest BCUT2D eigenvalue weighted by atomic mass is 16.5. The number of amides is 2. The third kappa shape index (κ3) is 4.16. The summed E-state index contributed by atoms with van der Waals surface area (Å²) >= 11 is 0. The molecule has 29 heavy (non-hydrogen) atoms. The molecule has 6 heteroatoms. The van der Waals surface area contributed by atoms with Crippen LogP contribution in [0.15, 0.2) is 53.1 Å². The number of hydrogen-bond acceptors (Lipinski definition) is 4. The normalized spacial score (nSPS) is 16.6. The number of benzene rings is 2. The SMILES string of the molecule is CCc1ccccc1NC(=O)N1CCCC[C@H]1c1nc(-c2cccc(C)c2)no1. The molecule has 1 fully saturated rings. The van der Waals surface area contributed by atoms with Gasteiger partial charge in [0.25, 0.3) is 0 Å². The van der Waals surface area contributed by atoms with Crippen LogP contribution in [0.1, 0.15) is 49.2 Å². The van der Waals surface area contributed by atoms with Crippen molar-refractivity contribution in [2.75, 3.05) is 11.9 Å². The van der Waals surface area contributed by atoms with Gasteiger partial charge in [0, 0.05) is 17.8 Å². The monoisotopic (exact) mass is 390 g/mol. The van der Waals surface area contributed by atoms with Gasteiger partial charge in [-0.2, -0.15) is 4.98 Å². The lowest BCUT2D eigenvalue weighted by molar-refractivity contribution is 0.142. The molecule has 2 amide bonds. The highest BCUT2D eigenvalue weighted by molar-refractivity contribution is 5.90. The van der Waals surface area contributed by atoms with E-state index in [0.717, 1.165) is 48.1 Å². The Morgan fingerprint density at radius 1 is 1.21 bits per heavy atom. The predicted molar refractivity (Wildman–Crippen MR) is 113 cm³/mol. The molecule has 0 unspecified atom stereocenters. The standard InChI is InChI=1S/C23H26N4O2/c1-3-17-10-4-5-12-19(17)24-23(28)27-14-7-6-13-20(27)22-25-21(26-29-22)18-11-8-9-16(2)15-18/h4-5,8-12,15,20H,3,6-7,13-14H2,1-2H3,(H,24,28)/t20-/m0/s1. The topological polar surface area (TPSA) is 71.3 Å². The number of carbonyl (C=O) groups excluding carboxylic acids is 1. The van der Waals surface area contributed by atoms with Crippen molar-refractivity contribution >= 4 is 11.7 Å². The summed E-state index contributed by atoms with van der Waals surface area (Å²) in [6.45, 7) is 4.79. The minimum absolute atomic E-state index is 0.120. The fourth-order valence-electron chi connectivity index (χ4n) is 3.84. The maximum atomic E-state index is 13.1. The maximum Gasteiger partial charge on any atom is 0.322 e. The Morgan fingerprint density at radius 3 is 2.90 bits per heavy atom. The Kier molecular flexibility index (Phi) is 5.60. The lowest BCUT2D eigenvalue weighted by Crippen LogP contribution is -2.41. The van der Waals surface area contributed by atoms with Crippen LogP contribution in [-0.2, 0) is 6.42 Å². The van der Waals surface area contributed by atoms with Gasteiger partial charge in [0.1, 0.15) is 6.04 Å². The molecule has 6 nitrogen and oxygen atoms in total. The first-order valence-corrected chi connectivity index (χ1v) is 10.2. The van der Waals surface area contributed by atoms with Gasteiger partial charge in [0.2, 0.25) is 11.7 Å². The van der Waals surface area contributed by atoms with E-state index in [1.165, 1.54) is 0 Å². The van der Waals surface area contributed by atoms with Crippen molar-refractivity contribution in [1.82, 2.24) is 15.0 Å².